The highest BCUT2D eigenvalue weighted by molar-refractivity contribution is 6.24. The zero-order chi connectivity index (χ0) is 50.6. The highest BCUT2D eigenvalue weighted by Gasteiger charge is 2.54. The normalized spacial score (nSPS) is 13.0. The van der Waals surface area contributed by atoms with Crippen molar-refractivity contribution >= 4 is 105 Å². The van der Waals surface area contributed by atoms with Crippen LogP contribution < -0.4 is 14.7 Å². The summed E-state index contributed by atoms with van der Waals surface area (Å²) in [5, 5.41) is 9.13. The SMILES string of the molecule is c1ccc(N2c3ccccc3C3(c4ccccc42)c2cc(N(c4ccccc4)c4cccc5ccccc45)c4ccccc4c2-c2c3cc(N(c3ccccc3)c3cccc4ccccc34)c3c2oc2ccccc23)cc1. The molecule has 13 aromatic carbocycles. The van der Waals surface area contributed by atoms with Gasteiger partial charge in [-0.3, -0.25) is 0 Å². The van der Waals surface area contributed by atoms with Crippen molar-refractivity contribution < 1.29 is 4.42 Å². The Morgan fingerprint density at radius 1 is 0.312 bits per heavy atom. The van der Waals surface area contributed by atoms with Crippen molar-refractivity contribution in [1.29, 1.82) is 0 Å². The molecule has 14 aromatic rings. The number of furan rings is 1. The number of nitrogens with zero attached hydrogens (tertiary/aromatic N) is 3. The molecule has 0 bridgehead atoms. The molecule has 4 heteroatoms. The lowest BCUT2D eigenvalue weighted by molar-refractivity contribution is 0.668. The molecule has 360 valence electrons. The molecule has 0 fully saturated rings. The number of hydrogen-bond acceptors (Lipinski definition) is 4. The molecule has 0 saturated heterocycles. The van der Waals surface area contributed by atoms with Gasteiger partial charge < -0.3 is 19.1 Å². The first kappa shape index (κ1) is 43.3. The van der Waals surface area contributed by atoms with Gasteiger partial charge in [0, 0.05) is 44.2 Å². The highest BCUT2D eigenvalue weighted by Crippen LogP contribution is 2.68. The van der Waals surface area contributed by atoms with Gasteiger partial charge in [-0.25, -0.2) is 0 Å². The Morgan fingerprint density at radius 3 is 1.36 bits per heavy atom. The maximum Gasteiger partial charge on any atom is 0.145 e. The summed E-state index contributed by atoms with van der Waals surface area (Å²) in [6.45, 7) is 0. The third-order valence-electron chi connectivity index (χ3n) is 16.3. The summed E-state index contributed by atoms with van der Waals surface area (Å²) in [7, 11) is 0. The van der Waals surface area contributed by atoms with Gasteiger partial charge in [-0.2, -0.15) is 0 Å². The monoisotopic (exact) mass is 981 g/mol. The average molecular weight is 982 g/mol. The van der Waals surface area contributed by atoms with E-state index in [4.69, 9.17) is 4.42 Å². The van der Waals surface area contributed by atoms with E-state index in [0.717, 1.165) is 94.8 Å². The summed E-state index contributed by atoms with van der Waals surface area (Å²) < 4.78 is 7.57. The van der Waals surface area contributed by atoms with Crippen LogP contribution in [-0.4, -0.2) is 0 Å². The molecule has 1 aliphatic heterocycles. The molecule has 0 unspecified atom stereocenters. The summed E-state index contributed by atoms with van der Waals surface area (Å²) in [5.41, 5.74) is 17.7. The van der Waals surface area contributed by atoms with Crippen LogP contribution in [0.25, 0.3) is 65.4 Å². The Balaban J connectivity index is 1.12. The molecule has 0 N–H and O–H groups in total. The van der Waals surface area contributed by atoms with Crippen molar-refractivity contribution in [2.24, 2.45) is 0 Å². The molecule has 0 saturated carbocycles. The first-order chi connectivity index (χ1) is 38.3. The van der Waals surface area contributed by atoms with Gasteiger partial charge >= 0.3 is 0 Å². The predicted molar refractivity (Wildman–Crippen MR) is 321 cm³/mol. The minimum atomic E-state index is -0.883. The van der Waals surface area contributed by atoms with E-state index in [1.807, 2.05) is 0 Å². The topological polar surface area (TPSA) is 22.9 Å². The van der Waals surface area contributed by atoms with Crippen LogP contribution in [0, 0.1) is 0 Å². The van der Waals surface area contributed by atoms with Gasteiger partial charge in [0.1, 0.15) is 11.2 Å². The van der Waals surface area contributed by atoms with Crippen molar-refractivity contribution in [2.75, 3.05) is 14.7 Å². The van der Waals surface area contributed by atoms with E-state index >= 15 is 0 Å². The fourth-order valence-corrected chi connectivity index (χ4v) is 13.3. The van der Waals surface area contributed by atoms with Crippen LogP contribution in [-0.2, 0) is 5.41 Å². The van der Waals surface area contributed by atoms with Crippen LogP contribution in [0.1, 0.15) is 22.3 Å². The number of rotatable bonds is 7. The maximum absolute atomic E-state index is 7.57. The molecular formula is C73H47N3O. The quantitative estimate of drug-likeness (QED) is 0.159. The van der Waals surface area contributed by atoms with Gasteiger partial charge in [-0.1, -0.05) is 206 Å². The standard InChI is InChI=1S/C73H47N3O/c1-4-28-50(29-5-1)74(62-43-22-26-48-24-10-12-34-53(48)62)66-46-60-69(56-37-15-14-36-55(56)66)71-61(73(60)58-39-17-19-41-64(58)76(52-32-8-3-9-33-52)65-42-20-18-40-59(65)73)47-67(70-57-38-16-21-45-68(57)77-72(70)71)75(51-30-6-2-7-31-51)63-44-23-27-49-25-11-13-35-54(49)63/h1-47H. The molecule has 0 atom stereocenters. The number of hydrogen-bond donors (Lipinski definition) is 0. The van der Waals surface area contributed by atoms with Gasteiger partial charge in [-0.15, -0.1) is 0 Å². The second kappa shape index (κ2) is 16.9. The number of fused-ring (bicyclic) bond motifs is 17. The van der Waals surface area contributed by atoms with Gasteiger partial charge in [0.05, 0.1) is 44.9 Å². The molecule has 77 heavy (non-hydrogen) atoms. The van der Waals surface area contributed by atoms with E-state index in [9.17, 15) is 0 Å². The lowest BCUT2D eigenvalue weighted by atomic mass is 9.64. The minimum Gasteiger partial charge on any atom is -0.455 e. The fourth-order valence-electron chi connectivity index (χ4n) is 13.3. The Hall–Kier alpha value is -10.2. The van der Waals surface area contributed by atoms with Crippen LogP contribution in [0.5, 0.6) is 0 Å². The average Bonchev–Trinajstić information content (AvgIpc) is 4.26. The summed E-state index contributed by atoms with van der Waals surface area (Å²) in [6, 6.07) is 105. The smallest absolute Gasteiger partial charge is 0.145 e. The summed E-state index contributed by atoms with van der Waals surface area (Å²) in [6.07, 6.45) is 0. The van der Waals surface area contributed by atoms with Crippen LogP contribution in [0.3, 0.4) is 0 Å². The van der Waals surface area contributed by atoms with Crippen LogP contribution in [0.4, 0.5) is 51.2 Å². The minimum absolute atomic E-state index is 0.845. The van der Waals surface area contributed by atoms with E-state index in [-0.39, 0.29) is 0 Å². The maximum atomic E-state index is 7.57. The third kappa shape index (κ3) is 6.21. The summed E-state index contributed by atoms with van der Waals surface area (Å²) in [4.78, 5) is 7.45. The fraction of sp³-hybridized carbons (Fsp3) is 0.0137. The van der Waals surface area contributed by atoms with Gasteiger partial charge in [-0.05, 0) is 123 Å². The second-order valence-electron chi connectivity index (χ2n) is 20.3. The molecule has 1 spiro atoms. The lowest BCUT2D eigenvalue weighted by Gasteiger charge is -2.45. The van der Waals surface area contributed by atoms with Gasteiger partial charge in [0.2, 0.25) is 0 Å². The third-order valence-corrected chi connectivity index (χ3v) is 16.3. The van der Waals surface area contributed by atoms with Gasteiger partial charge in [0.25, 0.3) is 0 Å². The molecule has 0 amide bonds. The second-order valence-corrected chi connectivity index (χ2v) is 20.3. The molecule has 1 aliphatic carbocycles. The zero-order valence-corrected chi connectivity index (χ0v) is 41.9. The van der Waals surface area contributed by atoms with Crippen molar-refractivity contribution in [1.82, 2.24) is 0 Å². The molecule has 0 radical (unpaired) electrons. The van der Waals surface area contributed by atoms with Crippen LogP contribution in [0.15, 0.2) is 290 Å². The molecule has 2 heterocycles. The van der Waals surface area contributed by atoms with Crippen molar-refractivity contribution in [3.8, 4) is 11.1 Å². The predicted octanol–water partition coefficient (Wildman–Crippen LogP) is 20.1. The highest BCUT2D eigenvalue weighted by atomic mass is 16.3. The van der Waals surface area contributed by atoms with E-state index in [1.54, 1.807) is 0 Å². The Morgan fingerprint density at radius 2 is 0.753 bits per heavy atom. The van der Waals surface area contributed by atoms with Gasteiger partial charge in [0.15, 0.2) is 0 Å². The molecule has 4 nitrogen and oxygen atoms in total. The van der Waals surface area contributed by atoms with E-state index < -0.39 is 5.41 Å². The van der Waals surface area contributed by atoms with Crippen LogP contribution >= 0.6 is 0 Å². The summed E-state index contributed by atoms with van der Waals surface area (Å²) in [5.74, 6) is 0. The van der Waals surface area contributed by atoms with Crippen molar-refractivity contribution in [3.63, 3.8) is 0 Å². The lowest BCUT2D eigenvalue weighted by Crippen LogP contribution is -2.36. The van der Waals surface area contributed by atoms with Crippen molar-refractivity contribution in [2.45, 2.75) is 5.41 Å². The van der Waals surface area contributed by atoms with E-state index in [2.05, 4.69) is 300 Å². The van der Waals surface area contributed by atoms with Crippen molar-refractivity contribution in [3.05, 3.63) is 307 Å². The molecule has 2 aliphatic rings. The number of benzene rings is 13. The molecule has 16 rings (SSSR count). The number of anilines is 9. The molecule has 1 aromatic heterocycles. The largest absolute Gasteiger partial charge is 0.455 e. The summed E-state index contributed by atoms with van der Waals surface area (Å²) >= 11 is 0. The van der Waals surface area contributed by atoms with E-state index in [0.29, 0.717) is 0 Å². The van der Waals surface area contributed by atoms with Crippen LogP contribution in [0.2, 0.25) is 0 Å². The first-order valence-corrected chi connectivity index (χ1v) is 26.5. The Labute approximate surface area is 446 Å². The number of para-hydroxylation sites is 6. The Kier molecular flexibility index (Phi) is 9.52. The van der Waals surface area contributed by atoms with E-state index in [1.165, 1.54) is 44.0 Å². The first-order valence-electron chi connectivity index (χ1n) is 26.5. The Bertz CT molecular complexity index is 4600. The zero-order valence-electron chi connectivity index (χ0n) is 41.9. The molecular weight excluding hydrogens is 935 g/mol.